The van der Waals surface area contributed by atoms with Crippen LogP contribution in [0.2, 0.25) is 0 Å². The van der Waals surface area contributed by atoms with Crippen molar-refractivity contribution >= 4 is 11.7 Å². The average molecular weight is 395 g/mol. The van der Waals surface area contributed by atoms with Gasteiger partial charge in [-0.05, 0) is 79.0 Å². The summed E-state index contributed by atoms with van der Waals surface area (Å²) in [5, 5.41) is 10.5. The fourth-order valence-electron chi connectivity index (χ4n) is 2.85. The highest BCUT2D eigenvalue weighted by Crippen LogP contribution is 2.29. The highest BCUT2D eigenvalue weighted by Gasteiger charge is 2.20. The fourth-order valence-corrected chi connectivity index (χ4v) is 2.85. The molecule has 0 saturated heterocycles. The Labute approximate surface area is 170 Å². The van der Waals surface area contributed by atoms with Crippen molar-refractivity contribution in [2.24, 2.45) is 0 Å². The van der Waals surface area contributed by atoms with Crippen molar-refractivity contribution in [3.05, 3.63) is 53.6 Å². The number of nitrogens with zero attached hydrogens (tertiary/aromatic N) is 2. The third kappa shape index (κ3) is 4.93. The van der Waals surface area contributed by atoms with Crippen LogP contribution in [0.4, 0.5) is 5.82 Å². The van der Waals surface area contributed by atoms with Crippen LogP contribution in [0.5, 0.6) is 11.5 Å². The van der Waals surface area contributed by atoms with Crippen LogP contribution < -0.4 is 14.8 Å². The van der Waals surface area contributed by atoms with Gasteiger partial charge in [0.25, 0.3) is 5.91 Å². The number of amides is 1. The summed E-state index contributed by atoms with van der Waals surface area (Å²) in [6.07, 6.45) is 0.234. The normalized spacial score (nSPS) is 11.7. The van der Waals surface area contributed by atoms with Crippen LogP contribution in [0.1, 0.15) is 31.9 Å². The standard InChI is InChI=1S/C22H25N3O4/c1-5-16-7-10-18(11-8-16)28-15(4)22(26)23-21-20(24-29-25-21)17-9-12-19(27-6-2)14(3)13-17/h7-13,15H,5-6H2,1-4H3,(H,23,25,26)/t15-/m1/s1. The number of aromatic nitrogens is 2. The molecule has 0 aliphatic carbocycles. The lowest BCUT2D eigenvalue weighted by molar-refractivity contribution is -0.122. The van der Waals surface area contributed by atoms with Crippen molar-refractivity contribution in [3.8, 4) is 22.8 Å². The largest absolute Gasteiger partial charge is 0.494 e. The molecule has 1 heterocycles. The quantitative estimate of drug-likeness (QED) is 0.608. The maximum absolute atomic E-state index is 12.6. The van der Waals surface area contributed by atoms with E-state index in [4.69, 9.17) is 14.1 Å². The van der Waals surface area contributed by atoms with Gasteiger partial charge in [-0.3, -0.25) is 4.79 Å². The molecule has 7 nitrogen and oxygen atoms in total. The van der Waals surface area contributed by atoms with Crippen LogP contribution in [0.25, 0.3) is 11.3 Å². The monoisotopic (exact) mass is 395 g/mol. The molecule has 0 aliphatic heterocycles. The zero-order valence-corrected chi connectivity index (χ0v) is 17.1. The summed E-state index contributed by atoms with van der Waals surface area (Å²) in [5.41, 5.74) is 3.38. The summed E-state index contributed by atoms with van der Waals surface area (Å²) in [6.45, 7) is 8.23. The van der Waals surface area contributed by atoms with Gasteiger partial charge in [0.2, 0.25) is 5.82 Å². The summed E-state index contributed by atoms with van der Waals surface area (Å²) in [5.74, 6) is 1.33. The van der Waals surface area contributed by atoms with E-state index < -0.39 is 6.10 Å². The van der Waals surface area contributed by atoms with Gasteiger partial charge >= 0.3 is 0 Å². The van der Waals surface area contributed by atoms with Gasteiger partial charge in [0, 0.05) is 5.56 Å². The van der Waals surface area contributed by atoms with E-state index in [0.29, 0.717) is 18.1 Å². The van der Waals surface area contributed by atoms with Gasteiger partial charge in [-0.2, -0.15) is 0 Å². The summed E-state index contributed by atoms with van der Waals surface area (Å²) >= 11 is 0. The molecule has 0 saturated carbocycles. The van der Waals surface area contributed by atoms with Gasteiger partial charge in [0.05, 0.1) is 6.61 Å². The number of ether oxygens (including phenoxy) is 2. The Morgan fingerprint density at radius 2 is 1.90 bits per heavy atom. The van der Waals surface area contributed by atoms with E-state index in [1.165, 1.54) is 5.56 Å². The number of hydrogen-bond donors (Lipinski definition) is 1. The molecule has 0 fully saturated rings. The Kier molecular flexibility index (Phi) is 6.49. The Morgan fingerprint density at radius 3 is 2.55 bits per heavy atom. The molecule has 2 aromatic carbocycles. The molecule has 3 rings (SSSR count). The van der Waals surface area contributed by atoms with Gasteiger partial charge in [-0.1, -0.05) is 19.1 Å². The van der Waals surface area contributed by atoms with Crippen molar-refractivity contribution in [1.82, 2.24) is 10.3 Å². The van der Waals surface area contributed by atoms with Gasteiger partial charge in [0.1, 0.15) is 11.5 Å². The molecule has 1 aromatic heterocycles. The van der Waals surface area contributed by atoms with Crippen LogP contribution in [0.15, 0.2) is 47.1 Å². The number of aryl methyl sites for hydroxylation is 2. The van der Waals surface area contributed by atoms with E-state index in [2.05, 4.69) is 22.6 Å². The van der Waals surface area contributed by atoms with E-state index in [-0.39, 0.29) is 11.7 Å². The van der Waals surface area contributed by atoms with E-state index in [9.17, 15) is 4.79 Å². The Hall–Kier alpha value is -3.35. The first-order chi connectivity index (χ1) is 14.0. The molecule has 0 radical (unpaired) electrons. The lowest BCUT2D eigenvalue weighted by Crippen LogP contribution is -2.30. The first-order valence-electron chi connectivity index (χ1n) is 9.64. The van der Waals surface area contributed by atoms with Crippen molar-refractivity contribution in [2.45, 2.75) is 40.2 Å². The number of rotatable bonds is 8. The zero-order valence-electron chi connectivity index (χ0n) is 17.1. The second-order valence-electron chi connectivity index (χ2n) is 6.62. The summed E-state index contributed by atoms with van der Waals surface area (Å²) in [4.78, 5) is 12.6. The lowest BCUT2D eigenvalue weighted by atomic mass is 10.1. The van der Waals surface area contributed by atoms with Gasteiger partial charge < -0.3 is 14.8 Å². The van der Waals surface area contributed by atoms with E-state index in [1.807, 2.05) is 56.3 Å². The minimum Gasteiger partial charge on any atom is -0.494 e. The van der Waals surface area contributed by atoms with Crippen LogP contribution in [0.3, 0.4) is 0 Å². The van der Waals surface area contributed by atoms with E-state index in [0.717, 1.165) is 23.3 Å². The minimum atomic E-state index is -0.714. The molecule has 0 bridgehead atoms. The second-order valence-corrected chi connectivity index (χ2v) is 6.62. The van der Waals surface area contributed by atoms with Crippen molar-refractivity contribution in [1.29, 1.82) is 0 Å². The number of anilines is 1. The molecule has 152 valence electrons. The lowest BCUT2D eigenvalue weighted by Gasteiger charge is -2.14. The molecule has 29 heavy (non-hydrogen) atoms. The minimum absolute atomic E-state index is 0.246. The molecule has 0 aliphatic rings. The summed E-state index contributed by atoms with van der Waals surface area (Å²) in [6, 6.07) is 13.3. The molecular weight excluding hydrogens is 370 g/mol. The number of carbonyl (C=O) groups excluding carboxylic acids is 1. The predicted molar refractivity (Wildman–Crippen MR) is 110 cm³/mol. The van der Waals surface area contributed by atoms with E-state index >= 15 is 0 Å². The maximum atomic E-state index is 12.6. The SMILES string of the molecule is CCOc1ccc(-c2nonc2NC(=O)[C@@H](C)Oc2ccc(CC)cc2)cc1C. The van der Waals surface area contributed by atoms with Crippen molar-refractivity contribution in [3.63, 3.8) is 0 Å². The molecular formula is C22H25N3O4. The van der Waals surface area contributed by atoms with Crippen molar-refractivity contribution in [2.75, 3.05) is 11.9 Å². The Balaban J connectivity index is 1.70. The van der Waals surface area contributed by atoms with Crippen molar-refractivity contribution < 1.29 is 18.9 Å². The first-order valence-corrected chi connectivity index (χ1v) is 9.64. The second kappa shape index (κ2) is 9.23. The van der Waals surface area contributed by atoms with Crippen LogP contribution in [0, 0.1) is 6.92 Å². The summed E-state index contributed by atoms with van der Waals surface area (Å²) in [7, 11) is 0. The van der Waals surface area contributed by atoms with Gasteiger partial charge in [-0.15, -0.1) is 0 Å². The number of benzene rings is 2. The third-order valence-electron chi connectivity index (χ3n) is 4.49. The highest BCUT2D eigenvalue weighted by molar-refractivity contribution is 5.96. The number of carbonyl (C=O) groups is 1. The summed E-state index contributed by atoms with van der Waals surface area (Å²) < 4.78 is 16.1. The smallest absolute Gasteiger partial charge is 0.266 e. The highest BCUT2D eigenvalue weighted by atomic mass is 16.6. The van der Waals surface area contributed by atoms with Crippen LogP contribution in [-0.2, 0) is 11.2 Å². The van der Waals surface area contributed by atoms with Crippen LogP contribution >= 0.6 is 0 Å². The first kappa shape index (κ1) is 20.4. The number of nitrogens with one attached hydrogen (secondary N) is 1. The molecule has 0 unspecified atom stereocenters. The molecule has 7 heteroatoms. The fraction of sp³-hybridized carbons (Fsp3) is 0.318. The third-order valence-corrected chi connectivity index (χ3v) is 4.49. The molecule has 1 amide bonds. The molecule has 0 spiro atoms. The zero-order chi connectivity index (χ0) is 20.8. The average Bonchev–Trinajstić information content (AvgIpc) is 3.18. The predicted octanol–water partition coefficient (Wildman–Crippen LogP) is 4.41. The Bertz CT molecular complexity index is 966. The topological polar surface area (TPSA) is 86.5 Å². The maximum Gasteiger partial charge on any atom is 0.266 e. The van der Waals surface area contributed by atoms with Gasteiger partial charge in [-0.25, -0.2) is 4.63 Å². The molecule has 3 aromatic rings. The molecule has 1 atom stereocenters. The van der Waals surface area contributed by atoms with Crippen LogP contribution in [-0.4, -0.2) is 28.9 Å². The Morgan fingerprint density at radius 1 is 1.14 bits per heavy atom. The van der Waals surface area contributed by atoms with E-state index in [1.54, 1.807) is 6.92 Å². The number of hydrogen-bond acceptors (Lipinski definition) is 6. The molecule has 1 N–H and O–H groups in total. The van der Waals surface area contributed by atoms with Gasteiger partial charge in [0.15, 0.2) is 11.8 Å².